The van der Waals surface area contributed by atoms with Crippen molar-refractivity contribution in [1.29, 1.82) is 0 Å². The molecule has 4 N–H and O–H groups in total. The number of anilines is 2. The van der Waals surface area contributed by atoms with Crippen molar-refractivity contribution in [2.45, 2.75) is 13.5 Å². The van der Waals surface area contributed by atoms with Crippen molar-refractivity contribution >= 4 is 35.5 Å². The lowest BCUT2D eigenvalue weighted by atomic mass is 10.1. The molecule has 10 nitrogen and oxygen atoms in total. The Hall–Kier alpha value is -3.66. The number of methoxy groups -OCH3 is 1. The molecule has 0 unspecified atom stereocenters. The number of phenolic OH excluding ortho intramolecular Hbond substituents is 1. The highest BCUT2D eigenvalue weighted by atomic mass is 35.5. The molecule has 0 aliphatic heterocycles. The van der Waals surface area contributed by atoms with Gasteiger partial charge in [-0.1, -0.05) is 12.1 Å². The van der Waals surface area contributed by atoms with Crippen molar-refractivity contribution in [3.8, 4) is 11.5 Å². The maximum Gasteiger partial charge on any atom is 0.295 e. The van der Waals surface area contributed by atoms with Gasteiger partial charge in [0, 0.05) is 5.69 Å². The molecule has 1 heterocycles. The minimum Gasteiger partial charge on any atom is -0.505 e. The Morgan fingerprint density at radius 2 is 1.93 bits per heavy atom. The Morgan fingerprint density at radius 3 is 2.55 bits per heavy atom. The normalized spacial score (nSPS) is 10.1. The Balaban J connectivity index is 0.00000300. The van der Waals surface area contributed by atoms with Crippen molar-refractivity contribution in [2.75, 3.05) is 18.2 Å². The SMILES string of the molecule is COc1ccc(Cn2nnnc2C(=O)Nc2cc(N)cc(C(C)=O)c2O)cc1.Cl. The lowest BCUT2D eigenvalue weighted by Crippen LogP contribution is -2.20. The molecular formula is C18H19ClN6O4. The third kappa shape index (κ3) is 4.79. The molecule has 0 saturated heterocycles. The number of nitrogens with one attached hydrogen (secondary N) is 1. The number of phenols is 1. The lowest BCUT2D eigenvalue weighted by molar-refractivity contribution is 0.0997. The van der Waals surface area contributed by atoms with Gasteiger partial charge in [0.1, 0.15) is 11.5 Å². The summed E-state index contributed by atoms with van der Waals surface area (Å²) in [7, 11) is 1.57. The predicted molar refractivity (Wildman–Crippen MR) is 108 cm³/mol. The summed E-state index contributed by atoms with van der Waals surface area (Å²) in [5.74, 6) is -0.776. The van der Waals surface area contributed by atoms with Crippen LogP contribution >= 0.6 is 12.4 Å². The van der Waals surface area contributed by atoms with Crippen LogP contribution in [0.2, 0.25) is 0 Å². The molecule has 152 valence electrons. The zero-order chi connectivity index (χ0) is 20.3. The average Bonchev–Trinajstić information content (AvgIpc) is 3.13. The Labute approximate surface area is 172 Å². The van der Waals surface area contributed by atoms with Gasteiger partial charge in [0.15, 0.2) is 5.78 Å². The van der Waals surface area contributed by atoms with Gasteiger partial charge in [-0.2, -0.15) is 0 Å². The van der Waals surface area contributed by atoms with E-state index in [1.165, 1.54) is 23.7 Å². The summed E-state index contributed by atoms with van der Waals surface area (Å²) in [5.41, 5.74) is 6.82. The number of benzene rings is 2. The third-order valence-electron chi connectivity index (χ3n) is 3.99. The van der Waals surface area contributed by atoms with E-state index in [2.05, 4.69) is 20.8 Å². The third-order valence-corrected chi connectivity index (χ3v) is 3.99. The number of tetrazole rings is 1. The van der Waals surface area contributed by atoms with Crippen molar-refractivity contribution in [2.24, 2.45) is 0 Å². The molecule has 0 aliphatic carbocycles. The number of ketones is 1. The highest BCUT2D eigenvalue weighted by Crippen LogP contribution is 2.31. The van der Waals surface area contributed by atoms with Gasteiger partial charge in [0.2, 0.25) is 5.82 Å². The number of nitrogens with zero attached hydrogens (tertiary/aromatic N) is 4. The molecule has 3 aromatic rings. The van der Waals surface area contributed by atoms with Crippen molar-refractivity contribution in [1.82, 2.24) is 20.2 Å². The molecule has 0 bridgehead atoms. The maximum absolute atomic E-state index is 12.6. The molecule has 11 heteroatoms. The van der Waals surface area contributed by atoms with Crippen LogP contribution in [0.25, 0.3) is 0 Å². The molecule has 0 radical (unpaired) electrons. The second kappa shape index (κ2) is 9.02. The number of nitrogen functional groups attached to an aromatic ring is 1. The summed E-state index contributed by atoms with van der Waals surface area (Å²) in [6.07, 6.45) is 0. The van der Waals surface area contributed by atoms with Crippen LogP contribution in [0.4, 0.5) is 11.4 Å². The predicted octanol–water partition coefficient (Wildman–Crippen LogP) is 1.89. The number of halogens is 1. The molecular weight excluding hydrogens is 400 g/mol. The summed E-state index contributed by atoms with van der Waals surface area (Å²) in [6.45, 7) is 1.54. The highest BCUT2D eigenvalue weighted by molar-refractivity contribution is 6.06. The number of aromatic hydroxyl groups is 1. The van der Waals surface area contributed by atoms with E-state index < -0.39 is 5.91 Å². The van der Waals surface area contributed by atoms with E-state index in [4.69, 9.17) is 10.5 Å². The minimum atomic E-state index is -0.658. The monoisotopic (exact) mass is 418 g/mol. The number of aromatic nitrogens is 4. The number of rotatable bonds is 6. The highest BCUT2D eigenvalue weighted by Gasteiger charge is 2.20. The molecule has 2 aromatic carbocycles. The largest absolute Gasteiger partial charge is 0.505 e. The van der Waals surface area contributed by atoms with E-state index in [0.717, 1.165) is 5.56 Å². The first-order valence-corrected chi connectivity index (χ1v) is 8.23. The molecule has 0 spiro atoms. The van der Waals surface area contributed by atoms with Crippen LogP contribution in [-0.2, 0) is 6.54 Å². The molecule has 0 atom stereocenters. The quantitative estimate of drug-likeness (QED) is 0.238. The van der Waals surface area contributed by atoms with Gasteiger partial charge in [-0.15, -0.1) is 17.5 Å². The number of amides is 1. The number of hydrogen-bond donors (Lipinski definition) is 3. The Morgan fingerprint density at radius 1 is 1.24 bits per heavy atom. The van der Waals surface area contributed by atoms with Crippen LogP contribution in [0.3, 0.4) is 0 Å². The first-order chi connectivity index (χ1) is 13.4. The van der Waals surface area contributed by atoms with Gasteiger partial charge in [0.05, 0.1) is 24.9 Å². The van der Waals surface area contributed by atoms with Crippen LogP contribution in [0.1, 0.15) is 33.5 Å². The van der Waals surface area contributed by atoms with E-state index in [9.17, 15) is 14.7 Å². The number of carbonyl (C=O) groups excluding carboxylic acids is 2. The number of Topliss-reactive ketones (excluding diaryl/α,β-unsaturated/α-hetero) is 1. The smallest absolute Gasteiger partial charge is 0.295 e. The summed E-state index contributed by atoms with van der Waals surface area (Å²) in [6, 6.07) is 9.90. The van der Waals surface area contributed by atoms with Crippen LogP contribution in [0, 0.1) is 0 Å². The topological polar surface area (TPSA) is 145 Å². The maximum atomic E-state index is 12.6. The molecule has 0 fully saturated rings. The Bertz CT molecular complexity index is 1040. The van der Waals surface area contributed by atoms with Gasteiger partial charge in [-0.3, -0.25) is 9.59 Å². The van der Waals surface area contributed by atoms with Gasteiger partial charge >= 0.3 is 0 Å². The summed E-state index contributed by atoms with van der Waals surface area (Å²) >= 11 is 0. The first-order valence-electron chi connectivity index (χ1n) is 8.23. The van der Waals surface area contributed by atoms with E-state index >= 15 is 0 Å². The fourth-order valence-electron chi connectivity index (χ4n) is 2.58. The fourth-order valence-corrected chi connectivity index (χ4v) is 2.58. The number of ether oxygens (including phenoxy) is 1. The standard InChI is InChI=1S/C18H18N6O4.ClH/c1-10(25)14-7-12(19)8-15(16(14)26)20-18(27)17-21-22-23-24(17)9-11-3-5-13(28-2)6-4-11;/h3-8,26H,9,19H2,1-2H3,(H,20,27);1H. The van der Waals surface area contributed by atoms with E-state index in [-0.39, 0.29) is 53.2 Å². The summed E-state index contributed by atoms with van der Waals surface area (Å²) < 4.78 is 6.42. The van der Waals surface area contributed by atoms with E-state index in [1.54, 1.807) is 19.2 Å². The van der Waals surface area contributed by atoms with Crippen molar-refractivity contribution < 1.29 is 19.4 Å². The summed E-state index contributed by atoms with van der Waals surface area (Å²) in [5, 5.41) is 23.8. The lowest BCUT2D eigenvalue weighted by Gasteiger charge is -2.11. The Kier molecular flexibility index (Phi) is 6.73. The first kappa shape index (κ1) is 21.6. The van der Waals surface area contributed by atoms with Crippen molar-refractivity contribution in [3.05, 3.63) is 53.3 Å². The molecule has 29 heavy (non-hydrogen) atoms. The van der Waals surface area contributed by atoms with Gasteiger partial charge < -0.3 is 20.9 Å². The number of nitrogens with two attached hydrogens (primary N) is 1. The van der Waals surface area contributed by atoms with Crippen LogP contribution in [0.15, 0.2) is 36.4 Å². The molecule has 0 aliphatic rings. The fraction of sp³-hybridized carbons (Fsp3) is 0.167. The van der Waals surface area contributed by atoms with Gasteiger partial charge in [0.25, 0.3) is 5.91 Å². The van der Waals surface area contributed by atoms with Crippen LogP contribution in [-0.4, -0.2) is 44.1 Å². The van der Waals surface area contributed by atoms with Crippen LogP contribution < -0.4 is 15.8 Å². The molecule has 1 amide bonds. The van der Waals surface area contributed by atoms with Crippen LogP contribution in [0.5, 0.6) is 11.5 Å². The van der Waals surface area contributed by atoms with E-state index in [1.807, 2.05) is 12.1 Å². The minimum absolute atomic E-state index is 0. The van der Waals surface area contributed by atoms with E-state index in [0.29, 0.717) is 5.75 Å². The zero-order valence-corrected chi connectivity index (χ0v) is 16.4. The number of hydrogen-bond acceptors (Lipinski definition) is 8. The molecule has 1 aromatic heterocycles. The zero-order valence-electron chi connectivity index (χ0n) is 15.6. The van der Waals surface area contributed by atoms with Gasteiger partial charge in [-0.25, -0.2) is 4.68 Å². The molecule has 3 rings (SSSR count). The van der Waals surface area contributed by atoms with Crippen molar-refractivity contribution in [3.63, 3.8) is 0 Å². The van der Waals surface area contributed by atoms with Gasteiger partial charge in [-0.05, 0) is 47.2 Å². The average molecular weight is 419 g/mol. The summed E-state index contributed by atoms with van der Waals surface area (Å²) in [4.78, 5) is 24.2. The number of carbonyl (C=O) groups is 2. The second-order valence-electron chi connectivity index (χ2n) is 5.98. The molecule has 0 saturated carbocycles. The second-order valence-corrected chi connectivity index (χ2v) is 5.98.